The molecule has 0 bridgehead atoms. The molecule has 5 N–H and O–H groups in total. The zero-order valence-corrected chi connectivity index (χ0v) is 25.7. The van der Waals surface area contributed by atoms with Crippen LogP contribution >= 0.6 is 0 Å². The minimum atomic E-state index is -0.849. The monoisotopic (exact) mass is 573 g/mol. The molecule has 0 amide bonds. The van der Waals surface area contributed by atoms with Crippen LogP contribution in [0.15, 0.2) is 36.8 Å². The molecule has 3 aromatic heterocycles. The number of nitrogen functional groups attached to an aromatic ring is 1. The molecule has 0 aliphatic heterocycles. The van der Waals surface area contributed by atoms with Crippen LogP contribution in [0.1, 0.15) is 84.2 Å². The molecule has 5 atom stereocenters. The van der Waals surface area contributed by atoms with Gasteiger partial charge in [0.1, 0.15) is 29.7 Å². The molecular weight excluding hydrogens is 526 g/mol. The fourth-order valence-corrected chi connectivity index (χ4v) is 7.20. The minimum Gasteiger partial charge on any atom is -0.390 e. The first-order valence-corrected chi connectivity index (χ1v) is 15.7. The number of hydrogen-bond donors (Lipinski definition) is 4. The summed E-state index contributed by atoms with van der Waals surface area (Å²) in [7, 11) is 0. The number of nitrogens with two attached hydrogens (primary N) is 1. The predicted octanol–water partition coefficient (Wildman–Crippen LogP) is 4.98. The molecule has 0 radical (unpaired) electrons. The van der Waals surface area contributed by atoms with Gasteiger partial charge in [0.2, 0.25) is 0 Å². The predicted molar refractivity (Wildman–Crippen MR) is 167 cm³/mol. The lowest BCUT2D eigenvalue weighted by Crippen LogP contribution is -2.51. The zero-order chi connectivity index (χ0) is 29.8. The van der Waals surface area contributed by atoms with Gasteiger partial charge in [-0.2, -0.15) is 0 Å². The van der Waals surface area contributed by atoms with Gasteiger partial charge < -0.3 is 25.5 Å². The lowest BCUT2D eigenvalue weighted by Gasteiger charge is -2.47. The maximum atomic E-state index is 11.2. The van der Waals surface area contributed by atoms with Gasteiger partial charge in [0.05, 0.1) is 28.6 Å². The van der Waals surface area contributed by atoms with Crippen LogP contribution in [-0.4, -0.2) is 70.5 Å². The Balaban J connectivity index is 1.07. The van der Waals surface area contributed by atoms with Crippen molar-refractivity contribution in [2.24, 2.45) is 11.8 Å². The number of benzene rings is 1. The first-order valence-electron chi connectivity index (χ1n) is 15.7. The number of rotatable bonds is 9. The van der Waals surface area contributed by atoms with Crippen molar-refractivity contribution in [1.29, 1.82) is 0 Å². The van der Waals surface area contributed by atoms with Crippen molar-refractivity contribution in [2.45, 2.75) is 109 Å². The SMILES string of the molecule is CCC(C)N(CC1CC(n2ccc3c(N)ncnc32)C(O)C1O)C1CC(CCc2nc3ccc(C(C)(C)C)cc3[nH]2)C1. The molecule has 4 aromatic rings. The second-order valence-corrected chi connectivity index (χ2v) is 13.9. The van der Waals surface area contributed by atoms with Crippen molar-refractivity contribution in [3.05, 3.63) is 48.2 Å². The number of nitrogens with zero attached hydrogens (tertiary/aromatic N) is 5. The maximum absolute atomic E-state index is 11.2. The largest absolute Gasteiger partial charge is 0.390 e. The summed E-state index contributed by atoms with van der Waals surface area (Å²) in [5, 5.41) is 23.0. The highest BCUT2D eigenvalue weighted by Crippen LogP contribution is 2.41. The molecular formula is C33H47N7O2. The molecule has 2 saturated carbocycles. The van der Waals surface area contributed by atoms with Crippen LogP contribution in [-0.2, 0) is 11.8 Å². The Labute approximate surface area is 248 Å². The number of aromatic amines is 1. The summed E-state index contributed by atoms with van der Waals surface area (Å²) in [6, 6.07) is 9.17. The summed E-state index contributed by atoms with van der Waals surface area (Å²) in [6.45, 7) is 12.0. The Hall–Kier alpha value is -3.01. The van der Waals surface area contributed by atoms with E-state index in [2.05, 4.69) is 72.7 Å². The number of aliphatic hydroxyl groups is 2. The van der Waals surface area contributed by atoms with E-state index in [-0.39, 0.29) is 17.4 Å². The van der Waals surface area contributed by atoms with Gasteiger partial charge >= 0.3 is 0 Å². The molecule has 9 heteroatoms. The maximum Gasteiger partial charge on any atom is 0.145 e. The summed E-state index contributed by atoms with van der Waals surface area (Å²) in [5.41, 5.74) is 10.4. The molecule has 5 unspecified atom stereocenters. The summed E-state index contributed by atoms with van der Waals surface area (Å²) in [6.07, 6.45) is 7.94. The quantitative estimate of drug-likeness (QED) is 0.222. The summed E-state index contributed by atoms with van der Waals surface area (Å²) in [4.78, 5) is 19.5. The fourth-order valence-electron chi connectivity index (χ4n) is 7.20. The van der Waals surface area contributed by atoms with E-state index in [9.17, 15) is 10.2 Å². The van der Waals surface area contributed by atoms with E-state index in [1.807, 2.05) is 16.8 Å². The molecule has 2 fully saturated rings. The Bertz CT molecular complexity index is 1530. The third-order valence-electron chi connectivity index (χ3n) is 10.1. The molecule has 9 nitrogen and oxygen atoms in total. The van der Waals surface area contributed by atoms with Gasteiger partial charge in [-0.15, -0.1) is 0 Å². The van der Waals surface area contributed by atoms with Crippen LogP contribution in [0.4, 0.5) is 5.82 Å². The standard InChI is InChI=1S/C33H47N7O2/c1-6-19(2)40(17-21-15-27(30(42)29(21)41)39-12-11-24-31(34)35-18-36-32(24)39)23-13-20(14-23)7-10-28-37-25-9-8-22(33(3,4)5)16-26(25)38-28/h8-9,11-12,16,18-21,23,27,29-30,41-42H,6-7,10,13-15,17H2,1-5H3,(H,37,38)(H2,34,35,36). The zero-order valence-electron chi connectivity index (χ0n) is 25.7. The van der Waals surface area contributed by atoms with Crippen molar-refractivity contribution >= 4 is 27.9 Å². The lowest BCUT2D eigenvalue weighted by molar-refractivity contribution is -0.0202. The van der Waals surface area contributed by atoms with E-state index in [0.29, 0.717) is 35.9 Å². The van der Waals surface area contributed by atoms with Crippen molar-refractivity contribution in [2.75, 3.05) is 12.3 Å². The summed E-state index contributed by atoms with van der Waals surface area (Å²) in [5.74, 6) is 2.18. The van der Waals surface area contributed by atoms with Gasteiger partial charge in [-0.1, -0.05) is 33.8 Å². The van der Waals surface area contributed by atoms with Crippen LogP contribution in [0, 0.1) is 11.8 Å². The molecule has 0 saturated heterocycles. The van der Waals surface area contributed by atoms with Gasteiger partial charge in [0, 0.05) is 37.2 Å². The van der Waals surface area contributed by atoms with Crippen LogP contribution in [0.25, 0.3) is 22.1 Å². The van der Waals surface area contributed by atoms with E-state index < -0.39 is 12.2 Å². The molecule has 2 aliphatic carbocycles. The normalized spacial score (nSPS) is 27.2. The van der Waals surface area contributed by atoms with Crippen LogP contribution in [0.3, 0.4) is 0 Å². The van der Waals surface area contributed by atoms with Crippen molar-refractivity contribution in [1.82, 2.24) is 29.4 Å². The number of H-pyrrole nitrogens is 1. The molecule has 1 aromatic carbocycles. The Morgan fingerprint density at radius 1 is 1.12 bits per heavy atom. The first kappa shape index (κ1) is 29.1. The van der Waals surface area contributed by atoms with Crippen LogP contribution in [0.2, 0.25) is 0 Å². The van der Waals surface area contributed by atoms with Crippen molar-refractivity contribution in [3.63, 3.8) is 0 Å². The highest BCUT2D eigenvalue weighted by atomic mass is 16.3. The summed E-state index contributed by atoms with van der Waals surface area (Å²) >= 11 is 0. The number of imidazole rings is 1. The third kappa shape index (κ3) is 5.42. The average molecular weight is 574 g/mol. The Morgan fingerprint density at radius 2 is 1.90 bits per heavy atom. The van der Waals surface area contributed by atoms with Crippen LogP contribution < -0.4 is 5.73 Å². The number of aryl methyl sites for hydroxylation is 1. The number of anilines is 1. The topological polar surface area (TPSA) is 129 Å². The second kappa shape index (κ2) is 11.2. The fraction of sp³-hybridized carbons (Fsp3) is 0.606. The van der Waals surface area contributed by atoms with E-state index >= 15 is 0 Å². The molecule has 226 valence electrons. The lowest BCUT2D eigenvalue weighted by atomic mass is 9.75. The Morgan fingerprint density at radius 3 is 2.64 bits per heavy atom. The van der Waals surface area contributed by atoms with Gasteiger partial charge in [0.25, 0.3) is 0 Å². The van der Waals surface area contributed by atoms with E-state index in [1.54, 1.807) is 0 Å². The van der Waals surface area contributed by atoms with E-state index in [0.717, 1.165) is 48.1 Å². The number of fused-ring (bicyclic) bond motifs is 2. The van der Waals surface area contributed by atoms with E-state index in [1.165, 1.54) is 24.7 Å². The minimum absolute atomic E-state index is 0.0109. The number of aliphatic hydroxyl groups excluding tert-OH is 2. The first-order chi connectivity index (χ1) is 20.0. The number of hydrogen-bond acceptors (Lipinski definition) is 7. The van der Waals surface area contributed by atoms with Gasteiger partial charge in [-0.05, 0) is 74.1 Å². The van der Waals surface area contributed by atoms with Gasteiger partial charge in [-0.25, -0.2) is 15.0 Å². The third-order valence-corrected chi connectivity index (χ3v) is 10.1. The average Bonchev–Trinajstić information content (AvgIpc) is 3.62. The number of aromatic nitrogens is 5. The van der Waals surface area contributed by atoms with Gasteiger partial charge in [-0.3, -0.25) is 4.90 Å². The van der Waals surface area contributed by atoms with Crippen molar-refractivity contribution < 1.29 is 10.2 Å². The highest BCUT2D eigenvalue weighted by molar-refractivity contribution is 5.86. The second-order valence-electron chi connectivity index (χ2n) is 13.9. The van der Waals surface area contributed by atoms with Crippen LogP contribution in [0.5, 0.6) is 0 Å². The van der Waals surface area contributed by atoms with E-state index in [4.69, 9.17) is 10.7 Å². The molecule has 6 rings (SSSR count). The smallest absolute Gasteiger partial charge is 0.145 e. The molecule has 3 heterocycles. The highest BCUT2D eigenvalue weighted by Gasteiger charge is 2.45. The van der Waals surface area contributed by atoms with Gasteiger partial charge in [0.15, 0.2) is 0 Å². The Kier molecular flexibility index (Phi) is 7.79. The number of nitrogens with one attached hydrogen (secondary N) is 1. The molecule has 2 aliphatic rings. The van der Waals surface area contributed by atoms with Crippen molar-refractivity contribution in [3.8, 4) is 0 Å². The molecule has 42 heavy (non-hydrogen) atoms. The summed E-state index contributed by atoms with van der Waals surface area (Å²) < 4.78 is 1.97. The molecule has 0 spiro atoms.